The van der Waals surface area contributed by atoms with E-state index >= 15 is 0 Å². The Morgan fingerprint density at radius 2 is 0.574 bits per heavy atom. The normalized spacial score (nSPS) is 9.87. The lowest BCUT2D eigenvalue weighted by molar-refractivity contribution is -0.179. The van der Waals surface area contributed by atoms with Gasteiger partial charge in [-0.1, -0.05) is 137 Å². The van der Waals surface area contributed by atoms with Gasteiger partial charge in [0.2, 0.25) is 0 Å². The molecule has 0 aliphatic heterocycles. The highest BCUT2D eigenvalue weighted by molar-refractivity contribution is 5.35. The highest BCUT2D eigenvalue weighted by Crippen LogP contribution is 2.32. The van der Waals surface area contributed by atoms with E-state index in [1.54, 1.807) is 42.7 Å². The molecule has 47 heavy (non-hydrogen) atoms. The third-order valence-electron chi connectivity index (χ3n) is 5.96. The summed E-state index contributed by atoms with van der Waals surface area (Å²) in [5.41, 5.74) is 1.02. The number of benzene rings is 2. The largest absolute Gasteiger partial charge is 0.380 e. The van der Waals surface area contributed by atoms with E-state index in [0.717, 1.165) is 11.1 Å². The van der Waals surface area contributed by atoms with E-state index < -0.39 is 23.0 Å². The van der Waals surface area contributed by atoms with E-state index in [9.17, 15) is 5.11 Å². The SMILES string of the molecule is CC.CC.CC.CC.CC.CCC(O)(c1ccccc1)c1ccccc1.COC(C)(C)OC.COC(C)(C)OC.COC(C)(C)OC. The van der Waals surface area contributed by atoms with Gasteiger partial charge in [-0.3, -0.25) is 0 Å². The van der Waals surface area contributed by atoms with Gasteiger partial charge in [-0.2, -0.15) is 0 Å². The molecule has 0 aromatic heterocycles. The van der Waals surface area contributed by atoms with Crippen molar-refractivity contribution in [3.63, 3.8) is 0 Å². The first-order chi connectivity index (χ1) is 22.1. The molecule has 0 amide bonds. The minimum Gasteiger partial charge on any atom is -0.380 e. The van der Waals surface area contributed by atoms with Crippen molar-refractivity contribution in [3.05, 3.63) is 71.8 Å². The molecule has 0 radical (unpaired) electrons. The Kier molecular flexibility index (Phi) is 51.9. The quantitative estimate of drug-likeness (QED) is 0.265. The van der Waals surface area contributed by atoms with Gasteiger partial charge >= 0.3 is 0 Å². The molecule has 0 heterocycles. The number of hydrogen-bond acceptors (Lipinski definition) is 7. The first-order valence-electron chi connectivity index (χ1n) is 17.3. The van der Waals surface area contributed by atoms with Crippen molar-refractivity contribution < 1.29 is 33.5 Å². The molecule has 0 saturated heterocycles. The molecule has 0 aliphatic rings. The van der Waals surface area contributed by atoms with Gasteiger partial charge in [0, 0.05) is 42.7 Å². The highest BCUT2D eigenvalue weighted by Gasteiger charge is 2.28. The molecular formula is C40H82O7. The predicted molar refractivity (Wildman–Crippen MR) is 207 cm³/mol. The summed E-state index contributed by atoms with van der Waals surface area (Å²) in [6, 6.07) is 19.6. The smallest absolute Gasteiger partial charge is 0.161 e. The highest BCUT2D eigenvalue weighted by atomic mass is 16.7. The van der Waals surface area contributed by atoms with E-state index in [1.165, 1.54) is 0 Å². The minimum atomic E-state index is -0.872. The molecule has 7 nitrogen and oxygen atoms in total. The van der Waals surface area contributed by atoms with Crippen LogP contribution in [0.3, 0.4) is 0 Å². The molecule has 2 rings (SSSR count). The molecule has 7 heteroatoms. The van der Waals surface area contributed by atoms with E-state index in [2.05, 4.69) is 0 Å². The Morgan fingerprint density at radius 1 is 0.404 bits per heavy atom. The summed E-state index contributed by atoms with van der Waals surface area (Å²) < 4.78 is 29.2. The second-order valence-electron chi connectivity index (χ2n) is 9.37. The minimum absolute atomic E-state index is 0.417. The zero-order chi connectivity index (χ0) is 39.2. The van der Waals surface area contributed by atoms with Crippen molar-refractivity contribution in [1.29, 1.82) is 0 Å². The Balaban J connectivity index is -0.0000000888. The van der Waals surface area contributed by atoms with Crippen LogP contribution in [0.25, 0.3) is 0 Å². The first kappa shape index (κ1) is 60.5. The topological polar surface area (TPSA) is 75.6 Å². The van der Waals surface area contributed by atoms with Gasteiger partial charge in [0.1, 0.15) is 5.60 Å². The van der Waals surface area contributed by atoms with E-state index in [1.807, 2.05) is 178 Å². The Hall–Kier alpha value is -1.84. The van der Waals surface area contributed by atoms with Crippen molar-refractivity contribution in [3.8, 4) is 0 Å². The van der Waals surface area contributed by atoms with E-state index in [-0.39, 0.29) is 0 Å². The lowest BCUT2D eigenvalue weighted by Gasteiger charge is -2.28. The van der Waals surface area contributed by atoms with Crippen LogP contribution in [-0.4, -0.2) is 65.1 Å². The lowest BCUT2D eigenvalue weighted by atomic mass is 9.84. The summed E-state index contributed by atoms with van der Waals surface area (Å²) in [4.78, 5) is 0. The van der Waals surface area contributed by atoms with Crippen LogP contribution < -0.4 is 0 Å². The molecule has 0 aliphatic carbocycles. The van der Waals surface area contributed by atoms with Crippen LogP contribution in [-0.2, 0) is 34.0 Å². The number of aliphatic hydroxyl groups is 1. The summed E-state index contributed by atoms with van der Waals surface area (Å²) in [6.07, 6.45) is 0.668. The number of hydrogen-bond donors (Lipinski definition) is 1. The number of ether oxygens (including phenoxy) is 6. The summed E-state index contributed by atoms with van der Waals surface area (Å²) in [5, 5.41) is 10.8. The monoisotopic (exact) mass is 675 g/mol. The van der Waals surface area contributed by atoms with E-state index in [4.69, 9.17) is 28.4 Å². The standard InChI is InChI=1S/C15H16O.3C5H12O2.5C2H6/c1-2-15(16,13-9-5-3-6-10-13)14-11-7-4-8-12-14;3*1-5(2,6-3)7-4;5*1-2/h3-12,16H,2H2,1H3;3*1-4H3;5*1-2H3. The molecule has 0 unspecified atom stereocenters. The average molecular weight is 675 g/mol. The third-order valence-corrected chi connectivity index (χ3v) is 5.96. The molecular weight excluding hydrogens is 592 g/mol. The van der Waals surface area contributed by atoms with Crippen molar-refractivity contribution in [1.82, 2.24) is 0 Å². The van der Waals surface area contributed by atoms with Gasteiger partial charge < -0.3 is 33.5 Å². The summed E-state index contributed by atoms with van der Waals surface area (Å²) >= 11 is 0. The molecule has 284 valence electrons. The fraction of sp³-hybridized carbons (Fsp3) is 0.700. The van der Waals surface area contributed by atoms with Crippen LogP contribution in [0.1, 0.15) is 135 Å². The molecule has 0 spiro atoms. The molecule has 0 saturated carbocycles. The zero-order valence-electron chi connectivity index (χ0n) is 35.4. The maximum atomic E-state index is 10.8. The zero-order valence-corrected chi connectivity index (χ0v) is 35.4. The lowest BCUT2D eigenvalue weighted by Crippen LogP contribution is -2.25. The molecule has 0 atom stereocenters. The van der Waals surface area contributed by atoms with Gasteiger partial charge in [0.25, 0.3) is 0 Å². The molecule has 0 fully saturated rings. The van der Waals surface area contributed by atoms with Crippen LogP contribution in [0.15, 0.2) is 60.7 Å². The van der Waals surface area contributed by atoms with Crippen molar-refractivity contribution in [2.75, 3.05) is 42.7 Å². The van der Waals surface area contributed by atoms with Gasteiger partial charge in [-0.05, 0) is 59.1 Å². The number of rotatable bonds is 9. The molecule has 0 bridgehead atoms. The van der Waals surface area contributed by atoms with Crippen molar-refractivity contribution >= 4 is 0 Å². The van der Waals surface area contributed by atoms with Crippen LogP contribution in [0.2, 0.25) is 0 Å². The van der Waals surface area contributed by atoms with Gasteiger partial charge in [0.15, 0.2) is 17.4 Å². The fourth-order valence-corrected chi connectivity index (χ4v) is 2.25. The molecule has 1 N–H and O–H groups in total. The summed E-state index contributed by atoms with van der Waals surface area (Å²) in [6.45, 7) is 33.1. The van der Waals surface area contributed by atoms with Gasteiger partial charge in [-0.15, -0.1) is 0 Å². The Bertz CT molecular complexity index is 697. The van der Waals surface area contributed by atoms with Crippen molar-refractivity contribution in [2.24, 2.45) is 0 Å². The first-order valence-corrected chi connectivity index (χ1v) is 17.3. The Labute approximate surface area is 294 Å². The van der Waals surface area contributed by atoms with Crippen molar-refractivity contribution in [2.45, 2.75) is 147 Å². The maximum Gasteiger partial charge on any atom is 0.161 e. The van der Waals surface area contributed by atoms with E-state index in [0.29, 0.717) is 6.42 Å². The third kappa shape index (κ3) is 35.3. The van der Waals surface area contributed by atoms with Gasteiger partial charge in [-0.25, -0.2) is 0 Å². The van der Waals surface area contributed by atoms with Crippen LogP contribution in [0, 0.1) is 0 Å². The van der Waals surface area contributed by atoms with Crippen LogP contribution >= 0.6 is 0 Å². The fourth-order valence-electron chi connectivity index (χ4n) is 2.25. The Morgan fingerprint density at radius 3 is 0.681 bits per heavy atom. The molecule has 2 aromatic rings. The number of methoxy groups -OCH3 is 6. The summed E-state index contributed by atoms with van der Waals surface area (Å²) in [7, 11) is 9.69. The van der Waals surface area contributed by atoms with Gasteiger partial charge in [0.05, 0.1) is 0 Å². The second kappa shape index (κ2) is 40.3. The maximum absolute atomic E-state index is 10.8. The van der Waals surface area contributed by atoms with Crippen LogP contribution in [0.4, 0.5) is 0 Å². The van der Waals surface area contributed by atoms with Crippen LogP contribution in [0.5, 0.6) is 0 Å². The summed E-state index contributed by atoms with van der Waals surface area (Å²) in [5.74, 6) is -1.25. The predicted octanol–water partition coefficient (Wildman–Crippen LogP) is 11.5. The molecule has 2 aromatic carbocycles. The second-order valence-corrected chi connectivity index (χ2v) is 9.37. The average Bonchev–Trinajstić information content (AvgIpc) is 3.16.